The molecule has 8 nitrogen and oxygen atoms in total. The quantitative estimate of drug-likeness (QED) is 0.576. The Labute approximate surface area is 203 Å². The van der Waals surface area contributed by atoms with E-state index in [-0.39, 0.29) is 29.1 Å². The minimum atomic E-state index is -0.694. The molecule has 0 unspecified atom stereocenters. The predicted octanol–water partition coefficient (Wildman–Crippen LogP) is 4.37. The topological polar surface area (TPSA) is 79.3 Å². The average Bonchev–Trinajstić information content (AvgIpc) is 2.86. The minimum absolute atomic E-state index is 0.0749. The molecule has 0 radical (unpaired) electrons. The molecule has 0 aliphatic carbocycles. The predicted molar refractivity (Wildman–Crippen MR) is 130 cm³/mol. The van der Waals surface area contributed by atoms with Gasteiger partial charge >= 0.3 is 0 Å². The maximum Gasteiger partial charge on any atom is 0.229 e. The van der Waals surface area contributed by atoms with Gasteiger partial charge in [-0.05, 0) is 64.4 Å². The third kappa shape index (κ3) is 4.88. The summed E-state index contributed by atoms with van der Waals surface area (Å²) in [5.74, 6) is 0.326. The van der Waals surface area contributed by atoms with Crippen LogP contribution in [-0.4, -0.2) is 64.2 Å². The van der Waals surface area contributed by atoms with E-state index < -0.39 is 11.6 Å². The molecule has 5 heterocycles. The highest BCUT2D eigenvalue weighted by atomic mass is 19.1. The number of hydrogen-bond acceptors (Lipinski definition) is 8. The van der Waals surface area contributed by atoms with Crippen LogP contribution in [-0.2, 0) is 0 Å². The molecule has 3 aromatic rings. The molecule has 3 aromatic heterocycles. The monoisotopic (exact) mass is 481 g/mol. The minimum Gasteiger partial charge on any atom is -0.485 e. The van der Waals surface area contributed by atoms with E-state index in [0.29, 0.717) is 30.7 Å². The van der Waals surface area contributed by atoms with E-state index in [4.69, 9.17) is 4.74 Å². The van der Waals surface area contributed by atoms with E-state index in [2.05, 4.69) is 43.3 Å². The highest BCUT2D eigenvalue weighted by Gasteiger charge is 2.27. The number of nitrogens with one attached hydrogen (secondary N) is 1. The number of hydrogen-bond donors (Lipinski definition) is 1. The molecule has 35 heavy (non-hydrogen) atoms. The highest BCUT2D eigenvalue weighted by Crippen LogP contribution is 2.36. The summed E-state index contributed by atoms with van der Waals surface area (Å²) in [6.07, 6.45) is 5.13. The Balaban J connectivity index is 1.39. The molecule has 1 fully saturated rings. The van der Waals surface area contributed by atoms with Gasteiger partial charge in [0.15, 0.2) is 23.2 Å². The molecule has 0 bridgehead atoms. The van der Waals surface area contributed by atoms with Crippen LogP contribution in [0.5, 0.6) is 5.75 Å². The Morgan fingerprint density at radius 3 is 2.54 bits per heavy atom. The van der Waals surface area contributed by atoms with Crippen LogP contribution in [0.2, 0.25) is 0 Å². The Hall–Kier alpha value is -3.40. The van der Waals surface area contributed by atoms with Crippen LogP contribution in [0.1, 0.15) is 38.2 Å². The first-order chi connectivity index (χ1) is 16.9. The number of fused-ring (bicyclic) bond motifs is 1. The first kappa shape index (κ1) is 23.3. The average molecular weight is 482 g/mol. The van der Waals surface area contributed by atoms with Crippen LogP contribution in [0.25, 0.3) is 11.4 Å². The molecule has 1 N–H and O–H groups in total. The highest BCUT2D eigenvalue weighted by molar-refractivity contribution is 5.65. The summed E-state index contributed by atoms with van der Waals surface area (Å²) < 4.78 is 35.1. The maximum absolute atomic E-state index is 14.9. The fourth-order valence-electron chi connectivity index (χ4n) is 4.58. The molecular weight excluding hydrogens is 452 g/mol. The largest absolute Gasteiger partial charge is 0.485 e. The van der Waals surface area contributed by atoms with Crippen LogP contribution < -0.4 is 15.0 Å². The van der Waals surface area contributed by atoms with Crippen LogP contribution in [0.15, 0.2) is 30.6 Å². The molecule has 184 valence electrons. The number of halogens is 2. The summed E-state index contributed by atoms with van der Waals surface area (Å²) in [6.45, 7) is 7.06. The lowest BCUT2D eigenvalue weighted by molar-refractivity contribution is 0.255. The lowest BCUT2D eigenvalue weighted by Crippen LogP contribution is -2.39. The van der Waals surface area contributed by atoms with Gasteiger partial charge in [0, 0.05) is 18.3 Å². The van der Waals surface area contributed by atoms with Crippen molar-refractivity contribution in [3.05, 3.63) is 47.8 Å². The second kappa shape index (κ2) is 9.69. The van der Waals surface area contributed by atoms with Gasteiger partial charge in [0.1, 0.15) is 18.1 Å². The maximum atomic E-state index is 14.9. The van der Waals surface area contributed by atoms with Gasteiger partial charge in [-0.3, -0.25) is 0 Å². The third-order valence-electron chi connectivity index (χ3n) is 6.59. The van der Waals surface area contributed by atoms with E-state index >= 15 is 0 Å². The van der Waals surface area contributed by atoms with E-state index in [0.717, 1.165) is 38.2 Å². The molecule has 1 saturated heterocycles. The van der Waals surface area contributed by atoms with Crippen molar-refractivity contribution in [2.24, 2.45) is 0 Å². The van der Waals surface area contributed by atoms with Crippen molar-refractivity contribution in [1.82, 2.24) is 24.8 Å². The van der Waals surface area contributed by atoms with E-state index in [9.17, 15) is 8.78 Å². The zero-order chi connectivity index (χ0) is 24.5. The summed E-state index contributed by atoms with van der Waals surface area (Å²) >= 11 is 0. The van der Waals surface area contributed by atoms with Crippen molar-refractivity contribution in [2.75, 3.05) is 43.5 Å². The molecule has 2 aliphatic rings. The number of likely N-dealkylation sites (tertiary alicyclic amines) is 1. The Morgan fingerprint density at radius 1 is 1.03 bits per heavy atom. The first-order valence-corrected chi connectivity index (χ1v) is 11.9. The third-order valence-corrected chi connectivity index (χ3v) is 6.59. The van der Waals surface area contributed by atoms with Crippen LogP contribution in [0.3, 0.4) is 0 Å². The van der Waals surface area contributed by atoms with Crippen LogP contribution in [0, 0.1) is 11.6 Å². The SMILES string of the molecule is CC(C)N1CCOc2c(F)cc(-c3nc(Nc4ccc(C5CCN(C)CC5)cn4)ncc3F)nc21. The van der Waals surface area contributed by atoms with Gasteiger partial charge in [-0.1, -0.05) is 6.07 Å². The summed E-state index contributed by atoms with van der Waals surface area (Å²) in [7, 11) is 2.14. The van der Waals surface area contributed by atoms with Gasteiger partial charge in [-0.2, -0.15) is 0 Å². The van der Waals surface area contributed by atoms with Crippen molar-refractivity contribution >= 4 is 17.6 Å². The number of piperidine rings is 1. The number of rotatable bonds is 5. The molecule has 0 amide bonds. The van der Waals surface area contributed by atoms with Gasteiger partial charge < -0.3 is 19.9 Å². The van der Waals surface area contributed by atoms with E-state index in [1.54, 1.807) is 0 Å². The number of pyridine rings is 2. The number of ether oxygens (including phenoxy) is 1. The van der Waals surface area contributed by atoms with Gasteiger partial charge in [0.25, 0.3) is 0 Å². The van der Waals surface area contributed by atoms with Crippen molar-refractivity contribution in [1.29, 1.82) is 0 Å². The van der Waals surface area contributed by atoms with Crippen molar-refractivity contribution < 1.29 is 13.5 Å². The lowest BCUT2D eigenvalue weighted by Gasteiger charge is -2.33. The van der Waals surface area contributed by atoms with Gasteiger partial charge in [-0.15, -0.1) is 0 Å². The molecule has 10 heteroatoms. The number of aromatic nitrogens is 4. The van der Waals surface area contributed by atoms with E-state index in [1.165, 1.54) is 5.56 Å². The van der Waals surface area contributed by atoms with Crippen molar-refractivity contribution in [2.45, 2.75) is 38.6 Å². The fourth-order valence-corrected chi connectivity index (χ4v) is 4.58. The Bertz CT molecular complexity index is 1200. The van der Waals surface area contributed by atoms with E-state index in [1.807, 2.05) is 31.0 Å². The van der Waals surface area contributed by atoms with Gasteiger partial charge in [0.2, 0.25) is 5.95 Å². The smallest absolute Gasteiger partial charge is 0.229 e. The Kier molecular flexibility index (Phi) is 6.46. The number of anilines is 3. The normalized spacial score (nSPS) is 16.8. The zero-order valence-electron chi connectivity index (χ0n) is 20.1. The van der Waals surface area contributed by atoms with Gasteiger partial charge in [0.05, 0.1) is 18.4 Å². The van der Waals surface area contributed by atoms with Crippen LogP contribution in [0.4, 0.5) is 26.4 Å². The molecular formula is C25H29F2N7O. The summed E-state index contributed by atoms with van der Waals surface area (Å²) in [5, 5.41) is 3.02. The van der Waals surface area contributed by atoms with Crippen LogP contribution >= 0.6 is 0 Å². The lowest BCUT2D eigenvalue weighted by atomic mass is 9.91. The molecule has 5 rings (SSSR count). The first-order valence-electron chi connectivity index (χ1n) is 11.9. The molecule has 0 spiro atoms. The molecule has 2 aliphatic heterocycles. The molecule has 0 aromatic carbocycles. The summed E-state index contributed by atoms with van der Waals surface area (Å²) in [5.41, 5.74) is 1.18. The molecule has 0 atom stereocenters. The van der Waals surface area contributed by atoms with Crippen molar-refractivity contribution in [3.8, 4) is 17.1 Å². The second-order valence-corrected chi connectivity index (χ2v) is 9.35. The standard InChI is InChI=1S/C25H29F2N7O/c1-15(2)34-10-11-35-23-18(26)12-20(30-24(23)34)22-19(27)14-29-25(32-22)31-21-5-4-17(13-28-21)16-6-8-33(3)9-7-16/h4-5,12-16H,6-11H2,1-3H3,(H,28,29,31,32). The number of nitrogens with zero attached hydrogens (tertiary/aromatic N) is 6. The second-order valence-electron chi connectivity index (χ2n) is 9.35. The summed E-state index contributed by atoms with van der Waals surface area (Å²) in [6, 6.07) is 5.15. The Morgan fingerprint density at radius 2 is 1.83 bits per heavy atom. The zero-order valence-corrected chi connectivity index (χ0v) is 20.1. The fraction of sp³-hybridized carbons (Fsp3) is 0.440. The summed E-state index contributed by atoms with van der Waals surface area (Å²) in [4.78, 5) is 21.6. The molecule has 0 saturated carbocycles. The van der Waals surface area contributed by atoms with Crippen molar-refractivity contribution in [3.63, 3.8) is 0 Å². The van der Waals surface area contributed by atoms with Gasteiger partial charge in [-0.25, -0.2) is 28.7 Å².